The Morgan fingerprint density at radius 1 is 1.05 bits per heavy atom. The summed E-state index contributed by atoms with van der Waals surface area (Å²) < 4.78 is 5.70. The molecule has 20 heavy (non-hydrogen) atoms. The maximum Gasteiger partial charge on any atom is 0.0478 e. The fourth-order valence-corrected chi connectivity index (χ4v) is 3.69. The van der Waals surface area contributed by atoms with E-state index in [1.54, 1.807) is 0 Å². The van der Waals surface area contributed by atoms with E-state index in [4.69, 9.17) is 4.74 Å². The quantitative estimate of drug-likeness (QED) is 0.636. The van der Waals surface area contributed by atoms with Crippen molar-refractivity contribution in [2.45, 2.75) is 70.9 Å². The van der Waals surface area contributed by atoms with Gasteiger partial charge in [-0.2, -0.15) is 0 Å². The van der Waals surface area contributed by atoms with Crippen LogP contribution in [-0.2, 0) is 4.74 Å². The van der Waals surface area contributed by atoms with Crippen LogP contribution in [0.1, 0.15) is 58.8 Å². The molecule has 2 aliphatic heterocycles. The molecule has 0 N–H and O–H groups in total. The first-order chi connectivity index (χ1) is 9.85. The highest BCUT2D eigenvalue weighted by Crippen LogP contribution is 2.25. The molecular weight excluding hydrogens is 248 g/mol. The molecule has 0 bridgehead atoms. The fourth-order valence-electron chi connectivity index (χ4n) is 3.69. The monoisotopic (exact) mass is 282 g/mol. The highest BCUT2D eigenvalue weighted by Gasteiger charge is 2.33. The van der Waals surface area contributed by atoms with Gasteiger partial charge in [0.25, 0.3) is 0 Å². The van der Waals surface area contributed by atoms with E-state index < -0.39 is 0 Å². The molecule has 118 valence electrons. The highest BCUT2D eigenvalue weighted by atomic mass is 16.5. The number of rotatable bonds is 8. The molecule has 2 heterocycles. The Morgan fingerprint density at radius 2 is 1.90 bits per heavy atom. The van der Waals surface area contributed by atoms with Gasteiger partial charge >= 0.3 is 0 Å². The van der Waals surface area contributed by atoms with Crippen molar-refractivity contribution in [3.05, 3.63) is 0 Å². The van der Waals surface area contributed by atoms with Crippen LogP contribution in [0.5, 0.6) is 0 Å². The first-order valence-corrected chi connectivity index (χ1v) is 8.91. The molecule has 0 spiro atoms. The van der Waals surface area contributed by atoms with E-state index in [0.29, 0.717) is 0 Å². The van der Waals surface area contributed by atoms with Crippen LogP contribution in [-0.4, -0.2) is 61.3 Å². The minimum Gasteiger partial charge on any atom is -0.381 e. The van der Waals surface area contributed by atoms with Crippen LogP contribution in [0.4, 0.5) is 0 Å². The molecule has 2 atom stereocenters. The number of unbranched alkanes of at least 4 members (excludes halogenated alkanes) is 1. The van der Waals surface area contributed by atoms with E-state index in [-0.39, 0.29) is 0 Å². The summed E-state index contributed by atoms with van der Waals surface area (Å²) in [7, 11) is 0. The van der Waals surface area contributed by atoms with Crippen LogP contribution in [0.3, 0.4) is 0 Å². The smallest absolute Gasteiger partial charge is 0.0478 e. The highest BCUT2D eigenvalue weighted by molar-refractivity contribution is 4.90. The standard InChI is InChI=1S/C17H34N2O/c1-3-5-12-20-13-8-11-18-15-17-9-6-7-10-19(17)14-16(18)4-2/h16-17H,3-15H2,1-2H3. The van der Waals surface area contributed by atoms with Crippen molar-refractivity contribution in [1.29, 1.82) is 0 Å². The molecular formula is C17H34N2O. The average molecular weight is 282 g/mol. The van der Waals surface area contributed by atoms with Gasteiger partial charge in [-0.1, -0.05) is 26.7 Å². The van der Waals surface area contributed by atoms with E-state index >= 15 is 0 Å². The maximum absolute atomic E-state index is 5.70. The van der Waals surface area contributed by atoms with Crippen molar-refractivity contribution in [3.63, 3.8) is 0 Å². The lowest BCUT2D eigenvalue weighted by atomic mass is 9.95. The Labute approximate surface area is 125 Å². The third-order valence-corrected chi connectivity index (χ3v) is 5.00. The second-order valence-electron chi connectivity index (χ2n) is 6.52. The molecule has 2 fully saturated rings. The van der Waals surface area contributed by atoms with Crippen molar-refractivity contribution in [1.82, 2.24) is 9.80 Å². The summed E-state index contributed by atoms with van der Waals surface area (Å²) in [6.45, 7) is 11.6. The van der Waals surface area contributed by atoms with Gasteiger partial charge in [0.05, 0.1) is 0 Å². The summed E-state index contributed by atoms with van der Waals surface area (Å²) in [5, 5.41) is 0. The molecule has 2 saturated heterocycles. The lowest BCUT2D eigenvalue weighted by Gasteiger charge is -2.48. The predicted molar refractivity (Wildman–Crippen MR) is 85.2 cm³/mol. The molecule has 0 aromatic carbocycles. The average Bonchev–Trinajstić information content (AvgIpc) is 2.50. The van der Waals surface area contributed by atoms with E-state index in [1.807, 2.05) is 0 Å². The summed E-state index contributed by atoms with van der Waals surface area (Å²) in [4.78, 5) is 5.50. The lowest BCUT2D eigenvalue weighted by molar-refractivity contribution is 0.00273. The van der Waals surface area contributed by atoms with Crippen LogP contribution >= 0.6 is 0 Å². The van der Waals surface area contributed by atoms with E-state index in [9.17, 15) is 0 Å². The van der Waals surface area contributed by atoms with Crippen LogP contribution in [0.15, 0.2) is 0 Å². The van der Waals surface area contributed by atoms with Crippen LogP contribution in [0, 0.1) is 0 Å². The third kappa shape index (κ3) is 4.71. The van der Waals surface area contributed by atoms with Crippen molar-refractivity contribution in [2.75, 3.05) is 39.4 Å². The van der Waals surface area contributed by atoms with Crippen molar-refractivity contribution < 1.29 is 4.74 Å². The zero-order chi connectivity index (χ0) is 14.2. The first kappa shape index (κ1) is 16.3. The van der Waals surface area contributed by atoms with Gasteiger partial charge in [-0.3, -0.25) is 9.80 Å². The number of hydrogen-bond donors (Lipinski definition) is 0. The summed E-state index contributed by atoms with van der Waals surface area (Å²) in [5.41, 5.74) is 0. The van der Waals surface area contributed by atoms with Gasteiger partial charge < -0.3 is 4.74 Å². The minimum absolute atomic E-state index is 0.778. The predicted octanol–water partition coefficient (Wildman–Crippen LogP) is 3.14. The molecule has 0 aromatic heterocycles. The van der Waals surface area contributed by atoms with Gasteiger partial charge in [-0.05, 0) is 38.6 Å². The fraction of sp³-hybridized carbons (Fsp3) is 1.00. The number of nitrogens with zero attached hydrogens (tertiary/aromatic N) is 2. The Balaban J connectivity index is 1.69. The van der Waals surface area contributed by atoms with Crippen molar-refractivity contribution in [3.8, 4) is 0 Å². The van der Waals surface area contributed by atoms with Crippen molar-refractivity contribution in [2.24, 2.45) is 0 Å². The topological polar surface area (TPSA) is 15.7 Å². The molecule has 0 aliphatic carbocycles. The molecule has 3 nitrogen and oxygen atoms in total. The van der Waals surface area contributed by atoms with Crippen LogP contribution in [0.25, 0.3) is 0 Å². The molecule has 2 unspecified atom stereocenters. The van der Waals surface area contributed by atoms with Gasteiger partial charge in [0.1, 0.15) is 0 Å². The van der Waals surface area contributed by atoms with Crippen molar-refractivity contribution >= 4 is 0 Å². The Bertz CT molecular complexity index is 259. The minimum atomic E-state index is 0.778. The normalized spacial score (nSPS) is 28.5. The first-order valence-electron chi connectivity index (χ1n) is 8.91. The summed E-state index contributed by atoms with van der Waals surface area (Å²) in [6, 6.07) is 1.62. The number of ether oxygens (including phenoxy) is 1. The Hall–Kier alpha value is -0.120. The van der Waals surface area contributed by atoms with Crippen LogP contribution in [0.2, 0.25) is 0 Å². The SMILES string of the molecule is CCCCOCCCN1CC2CCCCN2CC1CC. The van der Waals surface area contributed by atoms with Crippen LogP contribution < -0.4 is 0 Å². The van der Waals surface area contributed by atoms with E-state index in [0.717, 1.165) is 25.3 Å². The molecule has 0 saturated carbocycles. The molecule has 2 rings (SSSR count). The number of hydrogen-bond acceptors (Lipinski definition) is 3. The molecule has 3 heteroatoms. The van der Waals surface area contributed by atoms with E-state index in [1.165, 1.54) is 71.1 Å². The summed E-state index contributed by atoms with van der Waals surface area (Å²) in [6.07, 6.45) is 9.21. The molecule has 0 radical (unpaired) electrons. The van der Waals surface area contributed by atoms with Gasteiger partial charge in [-0.25, -0.2) is 0 Å². The number of piperazine rings is 1. The second kappa shape index (κ2) is 9.01. The molecule has 0 amide bonds. The number of piperidine rings is 1. The largest absolute Gasteiger partial charge is 0.381 e. The lowest BCUT2D eigenvalue weighted by Crippen LogP contribution is -2.59. The van der Waals surface area contributed by atoms with Gasteiger partial charge in [0.2, 0.25) is 0 Å². The van der Waals surface area contributed by atoms with E-state index in [2.05, 4.69) is 23.6 Å². The Morgan fingerprint density at radius 3 is 2.70 bits per heavy atom. The Kier molecular flexibility index (Phi) is 7.32. The zero-order valence-corrected chi connectivity index (χ0v) is 13.6. The summed E-state index contributed by atoms with van der Waals surface area (Å²) in [5.74, 6) is 0. The van der Waals surface area contributed by atoms with Gasteiger partial charge in [-0.15, -0.1) is 0 Å². The summed E-state index contributed by atoms with van der Waals surface area (Å²) >= 11 is 0. The molecule has 2 aliphatic rings. The maximum atomic E-state index is 5.70. The second-order valence-corrected chi connectivity index (χ2v) is 6.52. The third-order valence-electron chi connectivity index (χ3n) is 5.00. The van der Waals surface area contributed by atoms with Gasteiger partial charge in [0, 0.05) is 44.9 Å². The number of fused-ring (bicyclic) bond motifs is 1. The van der Waals surface area contributed by atoms with Gasteiger partial charge in [0.15, 0.2) is 0 Å². The molecule has 0 aromatic rings. The zero-order valence-electron chi connectivity index (χ0n) is 13.6.